The number of nitrogens with zero attached hydrogens (tertiary/aromatic N) is 3. The first-order valence-corrected chi connectivity index (χ1v) is 9.61. The maximum Gasteiger partial charge on any atom is 0.159 e. The van der Waals surface area contributed by atoms with Crippen LogP contribution in [0.4, 0.5) is 0 Å². The summed E-state index contributed by atoms with van der Waals surface area (Å²) in [5.41, 5.74) is 5.47. The van der Waals surface area contributed by atoms with Crippen LogP contribution in [0.3, 0.4) is 0 Å². The number of fused-ring (bicyclic) bond motifs is 3. The van der Waals surface area contributed by atoms with Crippen LogP contribution in [0.15, 0.2) is 54.7 Å². The molecule has 0 bridgehead atoms. The number of ether oxygens (including phenoxy) is 1. The predicted molar refractivity (Wildman–Crippen MR) is 112 cm³/mol. The molecule has 5 heteroatoms. The fraction of sp³-hybridized carbons (Fsp3) is 0.208. The number of aryl methyl sites for hydroxylation is 1. The van der Waals surface area contributed by atoms with Gasteiger partial charge in [0.05, 0.1) is 11.6 Å². The van der Waals surface area contributed by atoms with Gasteiger partial charge in [0.25, 0.3) is 0 Å². The first-order chi connectivity index (χ1) is 14.1. The zero-order valence-corrected chi connectivity index (χ0v) is 16.5. The summed E-state index contributed by atoms with van der Waals surface area (Å²) in [5, 5.41) is 13.7. The molecule has 144 valence electrons. The highest BCUT2D eigenvalue weighted by atomic mass is 16.5. The standard InChI is InChI=1S/C24H21N3O2/c1-16(28)17-10-12-18(13-11-17)19(7-5-6-14-25)24-21-15-27(2)26-23(21)20-8-3-4-9-22(20)29-24/h3-4,8-13,15H,5-7H2,1-2H3/b24-19+. The molecular formula is C24H21N3O2. The van der Waals surface area contributed by atoms with Crippen LogP contribution >= 0.6 is 0 Å². The molecule has 0 radical (unpaired) electrons. The minimum Gasteiger partial charge on any atom is -0.456 e. The van der Waals surface area contributed by atoms with Gasteiger partial charge >= 0.3 is 0 Å². The number of unbranched alkanes of at least 4 members (excludes halogenated alkanes) is 1. The average molecular weight is 383 g/mol. The second kappa shape index (κ2) is 7.76. The van der Waals surface area contributed by atoms with Crippen molar-refractivity contribution < 1.29 is 9.53 Å². The molecule has 29 heavy (non-hydrogen) atoms. The highest BCUT2D eigenvalue weighted by Crippen LogP contribution is 2.44. The second-order valence-electron chi connectivity index (χ2n) is 7.12. The number of rotatable bonds is 5. The van der Waals surface area contributed by atoms with Gasteiger partial charge in [-0.05, 0) is 37.5 Å². The van der Waals surface area contributed by atoms with Crippen molar-refractivity contribution in [3.8, 4) is 23.1 Å². The first-order valence-electron chi connectivity index (χ1n) is 9.61. The van der Waals surface area contributed by atoms with Crippen molar-refractivity contribution in [1.82, 2.24) is 9.78 Å². The third-order valence-electron chi connectivity index (χ3n) is 5.06. The molecule has 1 aliphatic heterocycles. The molecule has 0 N–H and O–H groups in total. The van der Waals surface area contributed by atoms with E-state index in [4.69, 9.17) is 10.00 Å². The molecule has 0 aliphatic carbocycles. The topological polar surface area (TPSA) is 67.9 Å². The lowest BCUT2D eigenvalue weighted by molar-refractivity contribution is 0.101. The maximum atomic E-state index is 11.7. The summed E-state index contributed by atoms with van der Waals surface area (Å²) < 4.78 is 8.17. The Labute approximate surface area is 169 Å². The van der Waals surface area contributed by atoms with Crippen LogP contribution in [0, 0.1) is 11.3 Å². The van der Waals surface area contributed by atoms with E-state index in [1.54, 1.807) is 11.6 Å². The quantitative estimate of drug-likeness (QED) is 0.446. The molecule has 4 rings (SSSR count). The number of carbonyl (C=O) groups excluding carboxylic acids is 1. The Morgan fingerprint density at radius 1 is 1.10 bits per heavy atom. The third kappa shape index (κ3) is 3.57. The van der Waals surface area contributed by atoms with E-state index >= 15 is 0 Å². The van der Waals surface area contributed by atoms with Crippen LogP contribution < -0.4 is 4.74 Å². The highest BCUT2D eigenvalue weighted by molar-refractivity contribution is 5.97. The largest absolute Gasteiger partial charge is 0.456 e. The lowest BCUT2D eigenvalue weighted by Crippen LogP contribution is -2.07. The van der Waals surface area contributed by atoms with E-state index in [9.17, 15) is 4.79 Å². The van der Waals surface area contributed by atoms with E-state index in [1.165, 1.54) is 0 Å². The number of aromatic nitrogens is 2. The van der Waals surface area contributed by atoms with Gasteiger partial charge in [0.15, 0.2) is 5.78 Å². The van der Waals surface area contributed by atoms with Crippen molar-refractivity contribution in [3.63, 3.8) is 0 Å². The number of carbonyl (C=O) groups is 1. The van der Waals surface area contributed by atoms with Crippen LogP contribution in [-0.2, 0) is 7.05 Å². The summed E-state index contributed by atoms with van der Waals surface area (Å²) in [6, 6.07) is 17.7. The highest BCUT2D eigenvalue weighted by Gasteiger charge is 2.27. The summed E-state index contributed by atoms with van der Waals surface area (Å²) in [6.45, 7) is 1.56. The van der Waals surface area contributed by atoms with Gasteiger partial charge in [-0.25, -0.2) is 0 Å². The van der Waals surface area contributed by atoms with Crippen molar-refractivity contribution in [2.75, 3.05) is 0 Å². The number of allylic oxidation sites excluding steroid dienone is 1. The monoisotopic (exact) mass is 383 g/mol. The van der Waals surface area contributed by atoms with Gasteiger partial charge in [0.1, 0.15) is 17.2 Å². The van der Waals surface area contributed by atoms with Crippen LogP contribution in [0.1, 0.15) is 47.7 Å². The maximum absolute atomic E-state index is 11.7. The summed E-state index contributed by atoms with van der Waals surface area (Å²) >= 11 is 0. The molecule has 5 nitrogen and oxygen atoms in total. The average Bonchev–Trinajstić information content (AvgIpc) is 3.13. The lowest BCUT2D eigenvalue weighted by Gasteiger charge is -2.22. The fourth-order valence-corrected chi connectivity index (χ4v) is 3.63. The Hall–Kier alpha value is -3.65. The van der Waals surface area contributed by atoms with Crippen molar-refractivity contribution in [2.45, 2.75) is 26.2 Å². The van der Waals surface area contributed by atoms with Gasteiger partial charge in [-0.1, -0.05) is 36.4 Å². The Morgan fingerprint density at radius 3 is 2.55 bits per heavy atom. The molecule has 0 amide bonds. The molecule has 0 unspecified atom stereocenters. The molecule has 0 saturated heterocycles. The van der Waals surface area contributed by atoms with Crippen molar-refractivity contribution in [3.05, 3.63) is 71.4 Å². The summed E-state index contributed by atoms with van der Waals surface area (Å²) in [6.07, 6.45) is 3.86. The number of benzene rings is 2. The molecule has 0 spiro atoms. The van der Waals surface area contributed by atoms with Gasteiger partial charge in [-0.2, -0.15) is 10.4 Å². The Balaban J connectivity index is 1.88. The minimum absolute atomic E-state index is 0.0348. The van der Waals surface area contributed by atoms with Crippen LogP contribution in [0.2, 0.25) is 0 Å². The number of Topliss-reactive ketones (excluding diaryl/α,β-unsaturated/α-hetero) is 1. The predicted octanol–water partition coefficient (Wildman–Crippen LogP) is 5.24. The van der Waals surface area contributed by atoms with E-state index in [-0.39, 0.29) is 5.78 Å². The SMILES string of the molecule is CC(=O)c1ccc(/C(CCCC#N)=C2/Oc3ccccc3-c3nn(C)cc32)cc1. The zero-order valence-electron chi connectivity index (χ0n) is 16.5. The van der Waals surface area contributed by atoms with Gasteiger partial charge in [0.2, 0.25) is 0 Å². The van der Waals surface area contributed by atoms with E-state index in [0.29, 0.717) is 18.4 Å². The van der Waals surface area contributed by atoms with Crippen LogP contribution in [-0.4, -0.2) is 15.6 Å². The molecule has 1 aliphatic rings. The van der Waals surface area contributed by atoms with E-state index < -0.39 is 0 Å². The lowest BCUT2D eigenvalue weighted by atomic mass is 9.93. The Bertz CT molecular complexity index is 1150. The number of para-hydroxylation sites is 1. The molecule has 0 atom stereocenters. The normalized spacial score (nSPS) is 13.7. The molecule has 0 fully saturated rings. The van der Waals surface area contributed by atoms with Crippen molar-refractivity contribution in [2.24, 2.45) is 7.05 Å². The fourth-order valence-electron chi connectivity index (χ4n) is 3.63. The molecule has 0 saturated carbocycles. The van der Waals surface area contributed by atoms with E-state index in [0.717, 1.165) is 45.9 Å². The number of hydrogen-bond acceptors (Lipinski definition) is 4. The van der Waals surface area contributed by atoms with Gasteiger partial charge in [-0.15, -0.1) is 0 Å². The van der Waals surface area contributed by atoms with E-state index in [2.05, 4.69) is 11.2 Å². The number of nitriles is 1. The van der Waals surface area contributed by atoms with Crippen molar-refractivity contribution >= 4 is 17.1 Å². The number of hydrogen-bond donors (Lipinski definition) is 0. The first kappa shape index (κ1) is 18.7. The van der Waals surface area contributed by atoms with E-state index in [1.807, 2.05) is 61.8 Å². The molecule has 2 aromatic carbocycles. The van der Waals surface area contributed by atoms with Crippen LogP contribution in [0.25, 0.3) is 22.6 Å². The molecular weight excluding hydrogens is 362 g/mol. The summed E-state index contributed by atoms with van der Waals surface area (Å²) in [4.78, 5) is 11.7. The Kier molecular flexibility index (Phi) is 5.01. The molecule has 1 aromatic heterocycles. The Morgan fingerprint density at radius 2 is 1.83 bits per heavy atom. The van der Waals surface area contributed by atoms with Gasteiger partial charge in [0, 0.05) is 36.4 Å². The van der Waals surface area contributed by atoms with Crippen molar-refractivity contribution in [1.29, 1.82) is 5.26 Å². The van der Waals surface area contributed by atoms with Crippen LogP contribution in [0.5, 0.6) is 5.75 Å². The zero-order chi connectivity index (χ0) is 20.4. The minimum atomic E-state index is 0.0348. The third-order valence-corrected chi connectivity index (χ3v) is 5.06. The number of ketones is 1. The second-order valence-corrected chi connectivity index (χ2v) is 7.12. The smallest absolute Gasteiger partial charge is 0.159 e. The molecule has 2 heterocycles. The van der Waals surface area contributed by atoms with Gasteiger partial charge < -0.3 is 4.74 Å². The summed E-state index contributed by atoms with van der Waals surface area (Å²) in [7, 11) is 1.90. The molecule has 3 aromatic rings. The summed E-state index contributed by atoms with van der Waals surface area (Å²) in [5.74, 6) is 1.57. The van der Waals surface area contributed by atoms with Gasteiger partial charge in [-0.3, -0.25) is 9.48 Å².